The average molecular weight is 196 g/mol. The molecule has 2 aliphatic carbocycles. The van der Waals surface area contributed by atoms with E-state index in [0.29, 0.717) is 11.8 Å². The molecule has 0 aliphatic heterocycles. The van der Waals surface area contributed by atoms with Crippen LogP contribution >= 0.6 is 0 Å². The van der Waals surface area contributed by atoms with Crippen LogP contribution in [0.4, 0.5) is 0 Å². The Morgan fingerprint density at radius 1 is 1.29 bits per heavy atom. The van der Waals surface area contributed by atoms with Crippen molar-refractivity contribution in [1.82, 2.24) is 0 Å². The van der Waals surface area contributed by atoms with Gasteiger partial charge in [0.25, 0.3) is 0 Å². The van der Waals surface area contributed by atoms with Gasteiger partial charge in [0.05, 0.1) is 6.10 Å². The SMILES string of the molecule is CCC1CCCC(C(O)C2CC2C)C1. The Labute approximate surface area is 87.9 Å². The fraction of sp³-hybridized carbons (Fsp3) is 1.00. The van der Waals surface area contributed by atoms with E-state index < -0.39 is 0 Å². The van der Waals surface area contributed by atoms with Gasteiger partial charge in [-0.05, 0) is 42.9 Å². The molecule has 0 amide bonds. The van der Waals surface area contributed by atoms with Crippen LogP contribution in [0, 0.1) is 23.7 Å². The minimum Gasteiger partial charge on any atom is -0.393 e. The van der Waals surface area contributed by atoms with Crippen LogP contribution < -0.4 is 0 Å². The lowest BCUT2D eigenvalue weighted by Gasteiger charge is -2.32. The van der Waals surface area contributed by atoms with Crippen molar-refractivity contribution in [3.63, 3.8) is 0 Å². The van der Waals surface area contributed by atoms with Crippen molar-refractivity contribution in [2.24, 2.45) is 23.7 Å². The van der Waals surface area contributed by atoms with Crippen LogP contribution in [0.3, 0.4) is 0 Å². The Balaban J connectivity index is 1.84. The summed E-state index contributed by atoms with van der Waals surface area (Å²) in [4.78, 5) is 0. The van der Waals surface area contributed by atoms with Crippen molar-refractivity contribution in [3.05, 3.63) is 0 Å². The van der Waals surface area contributed by atoms with Gasteiger partial charge in [0.2, 0.25) is 0 Å². The Kier molecular flexibility index (Phi) is 3.16. The molecule has 2 aliphatic rings. The molecule has 5 unspecified atom stereocenters. The van der Waals surface area contributed by atoms with Gasteiger partial charge in [0.1, 0.15) is 0 Å². The highest BCUT2D eigenvalue weighted by atomic mass is 16.3. The maximum absolute atomic E-state index is 10.2. The first-order chi connectivity index (χ1) is 6.72. The van der Waals surface area contributed by atoms with Gasteiger partial charge in [-0.1, -0.05) is 33.1 Å². The van der Waals surface area contributed by atoms with Crippen molar-refractivity contribution < 1.29 is 5.11 Å². The quantitative estimate of drug-likeness (QED) is 0.735. The summed E-state index contributed by atoms with van der Waals surface area (Å²) in [7, 11) is 0. The molecule has 0 saturated heterocycles. The molecule has 5 atom stereocenters. The molecule has 0 aromatic rings. The molecule has 0 radical (unpaired) electrons. The molecule has 2 fully saturated rings. The molecule has 2 rings (SSSR count). The molecular weight excluding hydrogens is 172 g/mol. The number of rotatable bonds is 3. The highest BCUT2D eigenvalue weighted by Crippen LogP contribution is 2.46. The van der Waals surface area contributed by atoms with Gasteiger partial charge in [0.15, 0.2) is 0 Å². The molecule has 0 spiro atoms. The van der Waals surface area contributed by atoms with Crippen LogP contribution in [-0.4, -0.2) is 11.2 Å². The van der Waals surface area contributed by atoms with E-state index in [4.69, 9.17) is 0 Å². The zero-order chi connectivity index (χ0) is 10.1. The molecule has 0 aromatic heterocycles. The lowest BCUT2D eigenvalue weighted by atomic mass is 9.76. The Bertz CT molecular complexity index is 190. The second kappa shape index (κ2) is 4.22. The molecule has 1 nitrogen and oxygen atoms in total. The first-order valence-electron chi connectivity index (χ1n) is 6.40. The number of aliphatic hydroxyl groups is 1. The normalized spacial score (nSPS) is 44.8. The molecule has 1 N–H and O–H groups in total. The Morgan fingerprint density at radius 2 is 2.00 bits per heavy atom. The summed E-state index contributed by atoms with van der Waals surface area (Å²) in [5, 5.41) is 10.2. The monoisotopic (exact) mass is 196 g/mol. The van der Waals surface area contributed by atoms with Crippen LogP contribution in [0.15, 0.2) is 0 Å². The van der Waals surface area contributed by atoms with E-state index in [1.165, 1.54) is 38.5 Å². The van der Waals surface area contributed by atoms with E-state index in [0.717, 1.165) is 11.8 Å². The van der Waals surface area contributed by atoms with Gasteiger partial charge >= 0.3 is 0 Å². The second-order valence-corrected chi connectivity index (χ2v) is 5.57. The number of aliphatic hydroxyl groups excluding tert-OH is 1. The highest BCUT2D eigenvalue weighted by molar-refractivity contribution is 4.92. The second-order valence-electron chi connectivity index (χ2n) is 5.57. The molecular formula is C13H24O. The zero-order valence-electron chi connectivity index (χ0n) is 9.58. The highest BCUT2D eigenvalue weighted by Gasteiger charge is 2.42. The summed E-state index contributed by atoms with van der Waals surface area (Å²) in [5.41, 5.74) is 0. The average Bonchev–Trinajstić information content (AvgIpc) is 2.94. The Morgan fingerprint density at radius 3 is 2.57 bits per heavy atom. The molecule has 1 heteroatoms. The molecule has 14 heavy (non-hydrogen) atoms. The van der Waals surface area contributed by atoms with Crippen LogP contribution in [0.1, 0.15) is 52.4 Å². The largest absolute Gasteiger partial charge is 0.393 e. The summed E-state index contributed by atoms with van der Waals surface area (Å²) in [6.07, 6.45) is 7.93. The standard InChI is InChI=1S/C13H24O/c1-3-10-5-4-6-11(8-10)13(14)12-7-9(12)2/h9-14H,3-8H2,1-2H3. The van der Waals surface area contributed by atoms with E-state index in [1.54, 1.807) is 0 Å². The third kappa shape index (κ3) is 2.13. The van der Waals surface area contributed by atoms with Gasteiger partial charge in [-0.25, -0.2) is 0 Å². The summed E-state index contributed by atoms with van der Waals surface area (Å²) in [5.74, 6) is 2.98. The van der Waals surface area contributed by atoms with Crippen molar-refractivity contribution in [2.75, 3.05) is 0 Å². The van der Waals surface area contributed by atoms with Gasteiger partial charge in [0, 0.05) is 0 Å². The molecule has 0 aromatic carbocycles. The predicted octanol–water partition coefficient (Wildman–Crippen LogP) is 3.22. The fourth-order valence-electron chi connectivity index (χ4n) is 3.19. The van der Waals surface area contributed by atoms with Gasteiger partial charge in [-0.15, -0.1) is 0 Å². The number of hydrogen-bond acceptors (Lipinski definition) is 1. The molecule has 82 valence electrons. The van der Waals surface area contributed by atoms with E-state index in [1.807, 2.05) is 0 Å². The minimum absolute atomic E-state index is 0.0272. The zero-order valence-corrected chi connectivity index (χ0v) is 9.58. The van der Waals surface area contributed by atoms with E-state index in [9.17, 15) is 5.11 Å². The van der Waals surface area contributed by atoms with Gasteiger partial charge in [-0.3, -0.25) is 0 Å². The third-order valence-corrected chi connectivity index (χ3v) is 4.49. The van der Waals surface area contributed by atoms with E-state index >= 15 is 0 Å². The maximum Gasteiger partial charge on any atom is 0.0599 e. The van der Waals surface area contributed by atoms with Crippen molar-refractivity contribution in [2.45, 2.75) is 58.5 Å². The Hall–Kier alpha value is -0.0400. The topological polar surface area (TPSA) is 20.2 Å². The lowest BCUT2D eigenvalue weighted by molar-refractivity contribution is 0.0478. The van der Waals surface area contributed by atoms with E-state index in [2.05, 4.69) is 13.8 Å². The lowest BCUT2D eigenvalue weighted by Crippen LogP contribution is -2.28. The van der Waals surface area contributed by atoms with Crippen LogP contribution in [-0.2, 0) is 0 Å². The fourth-order valence-corrected chi connectivity index (χ4v) is 3.19. The van der Waals surface area contributed by atoms with Crippen molar-refractivity contribution in [1.29, 1.82) is 0 Å². The summed E-state index contributed by atoms with van der Waals surface area (Å²) >= 11 is 0. The first kappa shape index (κ1) is 10.5. The third-order valence-electron chi connectivity index (χ3n) is 4.49. The molecule has 2 saturated carbocycles. The predicted molar refractivity (Wildman–Crippen MR) is 59.0 cm³/mol. The van der Waals surface area contributed by atoms with Crippen LogP contribution in [0.5, 0.6) is 0 Å². The van der Waals surface area contributed by atoms with Gasteiger partial charge < -0.3 is 5.11 Å². The smallest absolute Gasteiger partial charge is 0.0599 e. The maximum atomic E-state index is 10.2. The summed E-state index contributed by atoms with van der Waals surface area (Å²) < 4.78 is 0. The minimum atomic E-state index is 0.0272. The van der Waals surface area contributed by atoms with E-state index in [-0.39, 0.29) is 6.10 Å². The molecule has 0 heterocycles. The number of hydrogen-bond donors (Lipinski definition) is 1. The molecule has 0 bridgehead atoms. The van der Waals surface area contributed by atoms with Crippen LogP contribution in [0.25, 0.3) is 0 Å². The van der Waals surface area contributed by atoms with Gasteiger partial charge in [-0.2, -0.15) is 0 Å². The first-order valence-corrected chi connectivity index (χ1v) is 6.40. The summed E-state index contributed by atoms with van der Waals surface area (Å²) in [6, 6.07) is 0. The van der Waals surface area contributed by atoms with Crippen LogP contribution in [0.2, 0.25) is 0 Å². The van der Waals surface area contributed by atoms with Crippen molar-refractivity contribution >= 4 is 0 Å². The summed E-state index contributed by atoms with van der Waals surface area (Å²) in [6.45, 7) is 4.56. The van der Waals surface area contributed by atoms with Crippen molar-refractivity contribution in [3.8, 4) is 0 Å².